The Bertz CT molecular complexity index is 1070. The zero-order valence-corrected chi connectivity index (χ0v) is 41.4. The van der Waals surface area contributed by atoms with Gasteiger partial charge in [-0.15, -0.1) is 0 Å². The van der Waals surface area contributed by atoms with Crippen molar-refractivity contribution in [3.05, 3.63) is 24.3 Å². The molecule has 10 nitrogen and oxygen atoms in total. The van der Waals surface area contributed by atoms with Gasteiger partial charge in [-0.05, 0) is 44.9 Å². The molecule has 10 heteroatoms. The first kappa shape index (κ1) is 60.6. The van der Waals surface area contributed by atoms with E-state index in [2.05, 4.69) is 31.3 Å². The molecule has 0 bridgehead atoms. The number of hydrogen-bond acceptors (Lipinski definition) is 9. The predicted octanol–water partition coefficient (Wildman–Crippen LogP) is 11.6. The first-order valence-electron chi connectivity index (χ1n) is 27.2. The Hall–Kier alpha value is -1.37. The van der Waals surface area contributed by atoms with Crippen LogP contribution in [0.3, 0.4) is 0 Å². The first-order valence-corrected chi connectivity index (χ1v) is 27.2. The molecule has 0 aromatic rings. The van der Waals surface area contributed by atoms with Crippen molar-refractivity contribution >= 4 is 5.91 Å². The third-order valence-corrected chi connectivity index (χ3v) is 13.1. The monoisotopic (exact) mass is 910 g/mol. The van der Waals surface area contributed by atoms with Gasteiger partial charge >= 0.3 is 0 Å². The van der Waals surface area contributed by atoms with E-state index in [0.29, 0.717) is 6.42 Å². The smallest absolute Gasteiger partial charge is 0.249 e. The summed E-state index contributed by atoms with van der Waals surface area (Å²) in [6, 6.07) is -0.978. The quantitative estimate of drug-likeness (QED) is 0.0232. The average Bonchev–Trinajstić information content (AvgIpc) is 3.29. The average molecular weight is 910 g/mol. The highest BCUT2D eigenvalue weighted by Crippen LogP contribution is 2.23. The zero-order valence-electron chi connectivity index (χ0n) is 41.4. The molecule has 0 aromatic heterocycles. The molecule has 0 spiro atoms. The summed E-state index contributed by atoms with van der Waals surface area (Å²) < 4.78 is 11.2. The van der Waals surface area contributed by atoms with Gasteiger partial charge in [0.2, 0.25) is 5.91 Å². The highest BCUT2D eigenvalue weighted by atomic mass is 16.7. The first-order chi connectivity index (χ1) is 31.3. The molecule has 378 valence electrons. The maximum atomic E-state index is 13.1. The Morgan fingerprint density at radius 3 is 1.31 bits per heavy atom. The van der Waals surface area contributed by atoms with E-state index in [1.807, 2.05) is 6.08 Å². The van der Waals surface area contributed by atoms with Crippen molar-refractivity contribution in [3.63, 3.8) is 0 Å². The van der Waals surface area contributed by atoms with E-state index in [-0.39, 0.29) is 6.61 Å². The molecule has 1 saturated heterocycles. The fourth-order valence-corrected chi connectivity index (χ4v) is 8.69. The van der Waals surface area contributed by atoms with Crippen molar-refractivity contribution in [3.8, 4) is 0 Å². The molecule has 1 fully saturated rings. The van der Waals surface area contributed by atoms with E-state index in [4.69, 9.17) is 9.47 Å². The third kappa shape index (κ3) is 33.2. The molecule has 64 heavy (non-hydrogen) atoms. The number of carbonyl (C=O) groups is 1. The number of nitrogens with one attached hydrogen (secondary N) is 1. The van der Waals surface area contributed by atoms with E-state index < -0.39 is 61.5 Å². The topological polar surface area (TPSA) is 169 Å². The van der Waals surface area contributed by atoms with Crippen LogP contribution in [0.15, 0.2) is 24.3 Å². The van der Waals surface area contributed by atoms with Crippen LogP contribution in [0.5, 0.6) is 0 Å². The van der Waals surface area contributed by atoms with Crippen LogP contribution in [0.4, 0.5) is 0 Å². The van der Waals surface area contributed by atoms with Crippen molar-refractivity contribution in [2.45, 2.75) is 300 Å². The Morgan fingerprint density at radius 1 is 0.531 bits per heavy atom. The largest absolute Gasteiger partial charge is 0.394 e. The number of ether oxygens (including phenoxy) is 2. The number of aliphatic hydroxyl groups is 6. The predicted molar refractivity (Wildman–Crippen MR) is 264 cm³/mol. The molecule has 0 aliphatic carbocycles. The van der Waals surface area contributed by atoms with E-state index in [0.717, 1.165) is 44.9 Å². The summed E-state index contributed by atoms with van der Waals surface area (Å²) in [4.78, 5) is 13.1. The van der Waals surface area contributed by atoms with Gasteiger partial charge in [-0.2, -0.15) is 0 Å². The Labute approximate surface area is 392 Å². The summed E-state index contributed by atoms with van der Waals surface area (Å²) in [5.74, 6) is -0.615. The second kappa shape index (κ2) is 44.2. The van der Waals surface area contributed by atoms with E-state index in [1.165, 1.54) is 186 Å². The van der Waals surface area contributed by atoms with E-state index in [9.17, 15) is 35.4 Å². The molecule has 8 unspecified atom stereocenters. The van der Waals surface area contributed by atoms with Gasteiger partial charge in [0.1, 0.15) is 30.5 Å². The minimum atomic E-state index is -1.61. The molecule has 1 heterocycles. The Morgan fingerprint density at radius 2 is 0.906 bits per heavy atom. The number of allylic oxidation sites excluding steroid dienone is 3. The fraction of sp³-hybridized carbons (Fsp3) is 0.907. The van der Waals surface area contributed by atoms with Crippen molar-refractivity contribution in [2.75, 3.05) is 13.2 Å². The fourth-order valence-electron chi connectivity index (χ4n) is 8.69. The summed E-state index contributed by atoms with van der Waals surface area (Å²) in [6.07, 6.45) is 44.3. The third-order valence-electron chi connectivity index (χ3n) is 13.1. The van der Waals surface area contributed by atoms with Crippen LogP contribution in [0.1, 0.15) is 251 Å². The molecule has 1 amide bonds. The van der Waals surface area contributed by atoms with Crippen molar-refractivity contribution in [1.82, 2.24) is 5.32 Å². The summed E-state index contributed by atoms with van der Waals surface area (Å²) in [6.45, 7) is 3.62. The lowest BCUT2D eigenvalue weighted by Gasteiger charge is -2.40. The molecular weight excluding hydrogens is 807 g/mol. The maximum absolute atomic E-state index is 13.1. The minimum absolute atomic E-state index is 0.304. The van der Waals surface area contributed by atoms with Crippen LogP contribution in [0.2, 0.25) is 0 Å². The van der Waals surface area contributed by atoms with Gasteiger partial charge in [-0.3, -0.25) is 4.79 Å². The summed E-state index contributed by atoms with van der Waals surface area (Å²) >= 11 is 0. The summed E-state index contributed by atoms with van der Waals surface area (Å²) in [5, 5.41) is 64.8. The van der Waals surface area contributed by atoms with Gasteiger partial charge in [0, 0.05) is 0 Å². The normalized spacial score (nSPS) is 20.7. The highest BCUT2D eigenvalue weighted by Gasteiger charge is 2.44. The SMILES string of the molecule is CCCCCCCCCCCC/C=C/C(O)C(COC1OC(CO)C(O)C(O)C1O)NC(=O)C(O)CCCCCCCCCCCCC/C=C\CCCCCCCCCCCCCC. The van der Waals surface area contributed by atoms with Crippen LogP contribution in [-0.4, -0.2) is 98.7 Å². The molecule has 1 aliphatic heterocycles. The number of unbranched alkanes of at least 4 members (excludes halogenated alkanes) is 33. The van der Waals surface area contributed by atoms with Gasteiger partial charge in [-0.25, -0.2) is 0 Å². The van der Waals surface area contributed by atoms with Crippen LogP contribution in [-0.2, 0) is 14.3 Å². The minimum Gasteiger partial charge on any atom is -0.394 e. The Balaban J connectivity index is 2.22. The second-order valence-electron chi connectivity index (χ2n) is 19.2. The van der Waals surface area contributed by atoms with E-state index >= 15 is 0 Å². The number of rotatable bonds is 46. The molecule has 0 aromatic carbocycles. The van der Waals surface area contributed by atoms with Gasteiger partial charge in [0.25, 0.3) is 0 Å². The van der Waals surface area contributed by atoms with Crippen molar-refractivity contribution < 1.29 is 44.9 Å². The second-order valence-corrected chi connectivity index (χ2v) is 19.2. The molecule has 0 radical (unpaired) electrons. The lowest BCUT2D eigenvalue weighted by atomic mass is 9.99. The number of aliphatic hydroxyl groups excluding tert-OH is 6. The van der Waals surface area contributed by atoms with Gasteiger partial charge in [0.05, 0.1) is 25.4 Å². The number of amides is 1. The molecule has 1 rings (SSSR count). The van der Waals surface area contributed by atoms with Crippen LogP contribution in [0.25, 0.3) is 0 Å². The molecule has 8 atom stereocenters. The molecule has 1 aliphatic rings. The molecule has 7 N–H and O–H groups in total. The van der Waals surface area contributed by atoms with Crippen LogP contribution in [0, 0.1) is 0 Å². The van der Waals surface area contributed by atoms with E-state index in [1.54, 1.807) is 6.08 Å². The standard InChI is InChI=1S/C54H103NO9/c1-3-5-7-9-11-13-15-17-18-19-20-21-22-23-24-25-26-27-28-29-30-31-33-35-37-39-41-43-48(58)53(62)55-46(45-63-54-52(61)51(60)50(59)49(44-56)64-54)47(57)42-40-38-36-34-32-16-14-12-10-8-6-4-2/h23-24,40,42,46-52,54,56-61H,3-22,25-39,41,43-45H2,1-2H3,(H,55,62)/b24-23-,42-40+. The summed E-state index contributed by atoms with van der Waals surface area (Å²) in [7, 11) is 0. The zero-order chi connectivity index (χ0) is 46.7. The van der Waals surface area contributed by atoms with Crippen LogP contribution < -0.4 is 5.32 Å². The van der Waals surface area contributed by atoms with Gasteiger partial charge in [0.15, 0.2) is 6.29 Å². The lowest BCUT2D eigenvalue weighted by molar-refractivity contribution is -0.302. The molecular formula is C54H103NO9. The number of carbonyl (C=O) groups excluding carboxylic acids is 1. The highest BCUT2D eigenvalue weighted by molar-refractivity contribution is 5.80. The lowest BCUT2D eigenvalue weighted by Crippen LogP contribution is -2.60. The molecule has 0 saturated carbocycles. The maximum Gasteiger partial charge on any atom is 0.249 e. The van der Waals surface area contributed by atoms with Gasteiger partial charge in [-0.1, -0.05) is 231 Å². The Kier molecular flexibility index (Phi) is 41.8. The van der Waals surface area contributed by atoms with Gasteiger partial charge < -0.3 is 45.4 Å². The number of hydrogen-bond donors (Lipinski definition) is 7. The van der Waals surface area contributed by atoms with Crippen molar-refractivity contribution in [1.29, 1.82) is 0 Å². The summed E-state index contributed by atoms with van der Waals surface area (Å²) in [5.41, 5.74) is 0. The van der Waals surface area contributed by atoms with Crippen molar-refractivity contribution in [2.24, 2.45) is 0 Å². The van der Waals surface area contributed by atoms with Crippen LogP contribution >= 0.6 is 0 Å².